The highest BCUT2D eigenvalue weighted by Gasteiger charge is 1.99. The number of nitrogens with zero attached hydrogens (tertiary/aromatic N) is 1. The van der Waals surface area contributed by atoms with Gasteiger partial charge in [-0.15, -0.1) is 0 Å². The Kier molecular flexibility index (Phi) is 6.57. The first-order valence-electron chi connectivity index (χ1n) is 4.46. The third-order valence-electron chi connectivity index (χ3n) is 1.62. The third kappa shape index (κ3) is 7.82. The van der Waals surface area contributed by atoms with Crippen molar-refractivity contribution in [1.29, 1.82) is 0 Å². The second-order valence-electron chi connectivity index (χ2n) is 3.59. The summed E-state index contributed by atoms with van der Waals surface area (Å²) in [5.74, 6) is 0.745. The molecule has 0 fully saturated rings. The molecule has 2 heteroatoms. The molecule has 11 heavy (non-hydrogen) atoms. The molecule has 0 rings (SSSR count). The van der Waals surface area contributed by atoms with E-state index in [1.165, 1.54) is 0 Å². The Morgan fingerprint density at radius 3 is 2.36 bits per heavy atom. The zero-order valence-corrected chi connectivity index (χ0v) is 8.01. The lowest BCUT2D eigenvalue weighted by Gasteiger charge is -2.18. The number of unbranched alkanes of at least 4 members (excludes halogenated alkanes) is 1. The van der Waals surface area contributed by atoms with Crippen LogP contribution < -0.4 is 0 Å². The summed E-state index contributed by atoms with van der Waals surface area (Å²) in [7, 11) is 2.14. The van der Waals surface area contributed by atoms with Crippen LogP contribution in [0.3, 0.4) is 0 Å². The van der Waals surface area contributed by atoms with Gasteiger partial charge in [0, 0.05) is 13.2 Å². The van der Waals surface area contributed by atoms with Gasteiger partial charge in [0.25, 0.3) is 0 Å². The van der Waals surface area contributed by atoms with E-state index in [0.717, 1.165) is 31.8 Å². The molecule has 0 unspecified atom stereocenters. The fraction of sp³-hybridized carbons (Fsp3) is 1.00. The first-order chi connectivity index (χ1) is 5.16. The maximum Gasteiger partial charge on any atom is 0.0431 e. The van der Waals surface area contributed by atoms with E-state index in [9.17, 15) is 0 Å². The SMILES string of the molecule is CC(C)CN(C)CCCCO. The minimum absolute atomic E-state index is 0.329. The van der Waals surface area contributed by atoms with Crippen molar-refractivity contribution in [2.75, 3.05) is 26.7 Å². The standard InChI is InChI=1S/C9H21NO/c1-9(2)8-10(3)6-4-5-7-11/h9,11H,4-8H2,1-3H3. The van der Waals surface area contributed by atoms with Gasteiger partial charge in [0.1, 0.15) is 0 Å². The quantitative estimate of drug-likeness (QED) is 0.591. The van der Waals surface area contributed by atoms with E-state index in [1.807, 2.05) is 0 Å². The molecular formula is C9H21NO. The molecule has 0 saturated heterocycles. The number of rotatable bonds is 6. The summed E-state index contributed by atoms with van der Waals surface area (Å²) in [6.45, 7) is 7.05. The van der Waals surface area contributed by atoms with Gasteiger partial charge in [-0.05, 0) is 32.4 Å². The van der Waals surface area contributed by atoms with Crippen molar-refractivity contribution in [3.63, 3.8) is 0 Å². The molecule has 68 valence electrons. The molecule has 0 saturated carbocycles. The number of aliphatic hydroxyl groups is 1. The van der Waals surface area contributed by atoms with E-state index in [1.54, 1.807) is 0 Å². The van der Waals surface area contributed by atoms with Crippen molar-refractivity contribution in [3.8, 4) is 0 Å². The summed E-state index contributed by atoms with van der Waals surface area (Å²) in [6.07, 6.45) is 2.04. The molecule has 0 amide bonds. The minimum Gasteiger partial charge on any atom is -0.396 e. The van der Waals surface area contributed by atoms with Crippen LogP contribution in [0.15, 0.2) is 0 Å². The summed E-state index contributed by atoms with van der Waals surface area (Å²) in [5.41, 5.74) is 0. The van der Waals surface area contributed by atoms with Crippen molar-refractivity contribution in [1.82, 2.24) is 4.90 Å². The molecule has 1 N–H and O–H groups in total. The molecule has 0 aliphatic rings. The molecular weight excluding hydrogens is 138 g/mol. The monoisotopic (exact) mass is 159 g/mol. The molecule has 0 heterocycles. The summed E-state index contributed by atoms with van der Waals surface area (Å²) in [5, 5.41) is 8.54. The Morgan fingerprint density at radius 1 is 1.27 bits per heavy atom. The molecule has 0 aliphatic heterocycles. The van der Waals surface area contributed by atoms with Gasteiger partial charge in [0.15, 0.2) is 0 Å². The number of hydrogen-bond acceptors (Lipinski definition) is 2. The van der Waals surface area contributed by atoms with Crippen molar-refractivity contribution >= 4 is 0 Å². The molecule has 0 aliphatic carbocycles. The van der Waals surface area contributed by atoms with Crippen LogP contribution in [0.2, 0.25) is 0 Å². The summed E-state index contributed by atoms with van der Waals surface area (Å²) < 4.78 is 0. The van der Waals surface area contributed by atoms with Gasteiger partial charge in [-0.1, -0.05) is 13.8 Å². The van der Waals surface area contributed by atoms with E-state index in [-0.39, 0.29) is 0 Å². The molecule has 0 aromatic rings. The predicted octanol–water partition coefficient (Wildman–Crippen LogP) is 1.35. The smallest absolute Gasteiger partial charge is 0.0431 e. The van der Waals surface area contributed by atoms with Gasteiger partial charge < -0.3 is 10.0 Å². The fourth-order valence-electron chi connectivity index (χ4n) is 1.21. The van der Waals surface area contributed by atoms with Gasteiger partial charge in [0.05, 0.1) is 0 Å². The van der Waals surface area contributed by atoms with Crippen molar-refractivity contribution in [2.45, 2.75) is 26.7 Å². The van der Waals surface area contributed by atoms with E-state index in [0.29, 0.717) is 6.61 Å². The maximum absolute atomic E-state index is 8.54. The van der Waals surface area contributed by atoms with Crippen LogP contribution >= 0.6 is 0 Å². The van der Waals surface area contributed by atoms with E-state index < -0.39 is 0 Å². The summed E-state index contributed by atoms with van der Waals surface area (Å²) >= 11 is 0. The Hall–Kier alpha value is -0.0800. The van der Waals surface area contributed by atoms with Crippen molar-refractivity contribution in [2.24, 2.45) is 5.92 Å². The summed E-state index contributed by atoms with van der Waals surface area (Å²) in [4.78, 5) is 2.32. The van der Waals surface area contributed by atoms with Crippen LogP contribution in [0.25, 0.3) is 0 Å². The third-order valence-corrected chi connectivity index (χ3v) is 1.62. The van der Waals surface area contributed by atoms with Crippen LogP contribution in [-0.2, 0) is 0 Å². The van der Waals surface area contributed by atoms with Gasteiger partial charge in [0.2, 0.25) is 0 Å². The molecule has 2 nitrogen and oxygen atoms in total. The average molecular weight is 159 g/mol. The highest BCUT2D eigenvalue weighted by molar-refractivity contribution is 4.54. The fourth-order valence-corrected chi connectivity index (χ4v) is 1.21. The van der Waals surface area contributed by atoms with Gasteiger partial charge in [-0.25, -0.2) is 0 Å². The number of hydrogen-bond donors (Lipinski definition) is 1. The maximum atomic E-state index is 8.54. The van der Waals surface area contributed by atoms with Crippen LogP contribution in [0.1, 0.15) is 26.7 Å². The molecule has 0 bridgehead atoms. The largest absolute Gasteiger partial charge is 0.396 e. The number of aliphatic hydroxyl groups excluding tert-OH is 1. The lowest BCUT2D eigenvalue weighted by molar-refractivity contribution is 0.253. The average Bonchev–Trinajstić information content (AvgIpc) is 1.86. The zero-order valence-electron chi connectivity index (χ0n) is 8.01. The van der Waals surface area contributed by atoms with Crippen LogP contribution in [0.5, 0.6) is 0 Å². The lowest BCUT2D eigenvalue weighted by Crippen LogP contribution is -2.24. The molecule has 0 spiro atoms. The Balaban J connectivity index is 3.15. The first kappa shape index (κ1) is 10.9. The van der Waals surface area contributed by atoms with Gasteiger partial charge in [-0.3, -0.25) is 0 Å². The van der Waals surface area contributed by atoms with Crippen LogP contribution in [0.4, 0.5) is 0 Å². The van der Waals surface area contributed by atoms with E-state index in [2.05, 4.69) is 25.8 Å². The Morgan fingerprint density at radius 2 is 1.91 bits per heavy atom. The topological polar surface area (TPSA) is 23.5 Å². The van der Waals surface area contributed by atoms with Gasteiger partial charge in [-0.2, -0.15) is 0 Å². The van der Waals surface area contributed by atoms with E-state index in [4.69, 9.17) is 5.11 Å². The molecule has 0 atom stereocenters. The Labute approximate surface area is 70.2 Å². The summed E-state index contributed by atoms with van der Waals surface area (Å²) in [6, 6.07) is 0. The highest BCUT2D eigenvalue weighted by Crippen LogP contribution is 1.97. The Bertz CT molecular complexity index is 83.6. The normalized spacial score (nSPS) is 11.5. The molecule has 0 aromatic carbocycles. The van der Waals surface area contributed by atoms with Gasteiger partial charge >= 0.3 is 0 Å². The second-order valence-corrected chi connectivity index (χ2v) is 3.59. The zero-order chi connectivity index (χ0) is 8.69. The minimum atomic E-state index is 0.329. The highest BCUT2D eigenvalue weighted by atomic mass is 16.2. The van der Waals surface area contributed by atoms with Crippen molar-refractivity contribution < 1.29 is 5.11 Å². The molecule has 0 radical (unpaired) electrons. The van der Waals surface area contributed by atoms with Crippen molar-refractivity contribution in [3.05, 3.63) is 0 Å². The lowest BCUT2D eigenvalue weighted by atomic mass is 10.2. The molecule has 0 aromatic heterocycles. The van der Waals surface area contributed by atoms with Crippen LogP contribution in [0, 0.1) is 5.92 Å². The van der Waals surface area contributed by atoms with Crippen LogP contribution in [-0.4, -0.2) is 36.8 Å². The second kappa shape index (κ2) is 6.62. The first-order valence-corrected chi connectivity index (χ1v) is 4.46. The predicted molar refractivity (Wildman–Crippen MR) is 48.7 cm³/mol. The van der Waals surface area contributed by atoms with E-state index >= 15 is 0 Å².